The van der Waals surface area contributed by atoms with E-state index in [0.29, 0.717) is 22.6 Å². The van der Waals surface area contributed by atoms with Crippen LogP contribution in [0.15, 0.2) is 170 Å². The number of hydrogen-bond acceptors (Lipinski definition) is 13. The van der Waals surface area contributed by atoms with Crippen LogP contribution in [0.3, 0.4) is 0 Å². The second-order valence-electron chi connectivity index (χ2n) is 16.3. The zero-order chi connectivity index (χ0) is 49.5. The molecule has 0 fully saturated rings. The number of aliphatic hydroxyl groups excluding tert-OH is 1. The molecule has 2 unspecified atom stereocenters. The van der Waals surface area contributed by atoms with E-state index in [1.54, 1.807) is 93.1 Å². The van der Waals surface area contributed by atoms with E-state index >= 15 is 0 Å². The molecule has 70 heavy (non-hydrogen) atoms. The van der Waals surface area contributed by atoms with Crippen LogP contribution < -0.4 is 9.47 Å². The molecular weight excluding hydrogens is 939 g/mol. The molecule has 17 heteroatoms. The van der Waals surface area contributed by atoms with Gasteiger partial charge in [0.15, 0.2) is 0 Å². The molecule has 0 radical (unpaired) electrons. The largest absolute Gasteiger partial charge is 0.497 e. The Morgan fingerprint density at radius 3 is 1.29 bits per heavy atom. The maximum atomic E-state index is 14.8. The molecule has 0 bridgehead atoms. The third-order valence-electron chi connectivity index (χ3n) is 11.0. The molecule has 6 aromatic carbocycles. The van der Waals surface area contributed by atoms with E-state index < -0.39 is 59.4 Å². The van der Waals surface area contributed by atoms with Gasteiger partial charge in [0.2, 0.25) is 0 Å². The van der Waals surface area contributed by atoms with E-state index in [-0.39, 0.29) is 52.5 Å². The van der Waals surface area contributed by atoms with Gasteiger partial charge in [0.05, 0.1) is 85.9 Å². The van der Waals surface area contributed by atoms with Gasteiger partial charge in [-0.2, -0.15) is 0 Å². The number of ether oxygens (including phenoxy) is 6. The van der Waals surface area contributed by atoms with Crippen LogP contribution in [0.1, 0.15) is 46.2 Å². The van der Waals surface area contributed by atoms with Crippen molar-refractivity contribution in [1.29, 1.82) is 0 Å². The van der Waals surface area contributed by atoms with Gasteiger partial charge >= 0.3 is 15.6 Å². The molecule has 0 aromatic heterocycles. The monoisotopic (exact) mass is 1000 g/mol. The molecule has 0 amide bonds. The fourth-order valence-corrected chi connectivity index (χ4v) is 9.31. The molecule has 6 rings (SSSR count). The summed E-state index contributed by atoms with van der Waals surface area (Å²) in [6, 6.07) is 51.1. The fraction of sp³-hybridized carbons (Fsp3) is 0.321. The minimum Gasteiger partial charge on any atom is -0.497 e. The van der Waals surface area contributed by atoms with Gasteiger partial charge in [-0.1, -0.05) is 146 Å². The van der Waals surface area contributed by atoms with E-state index in [0.717, 1.165) is 22.3 Å². The van der Waals surface area contributed by atoms with Crippen molar-refractivity contribution in [2.24, 2.45) is 0 Å². The molecule has 0 saturated heterocycles. The minimum absolute atomic E-state index is 0.0115. The first kappa shape index (κ1) is 54.3. The summed E-state index contributed by atoms with van der Waals surface area (Å²) in [5, 5.41) is 10.3. The highest BCUT2D eigenvalue weighted by Gasteiger charge is 2.45. The van der Waals surface area contributed by atoms with Gasteiger partial charge in [0, 0.05) is 12.8 Å². The molecule has 15 nitrogen and oxygen atoms in total. The molecule has 0 aliphatic heterocycles. The van der Waals surface area contributed by atoms with E-state index in [1.165, 1.54) is 0 Å². The predicted octanol–water partition coefficient (Wildman–Crippen LogP) is 10.1. The van der Waals surface area contributed by atoms with Gasteiger partial charge in [0.1, 0.15) is 23.2 Å². The Hall–Kier alpha value is -5.06. The lowest BCUT2D eigenvalue weighted by atomic mass is 9.83. The lowest BCUT2D eigenvalue weighted by Crippen LogP contribution is -2.41. The number of benzene rings is 6. The lowest BCUT2D eigenvalue weighted by molar-refractivity contribution is -0.107. The number of hydrogen-bond donors (Lipinski definition) is 3. The fourth-order valence-electron chi connectivity index (χ4n) is 7.37. The van der Waals surface area contributed by atoms with Crippen LogP contribution >= 0.6 is 15.6 Å². The molecule has 3 N–H and O–H groups in total. The highest BCUT2D eigenvalue weighted by molar-refractivity contribution is 7.48. The number of rotatable bonds is 32. The van der Waals surface area contributed by atoms with Gasteiger partial charge in [-0.3, -0.25) is 18.1 Å². The maximum Gasteiger partial charge on any atom is 0.475 e. The van der Waals surface area contributed by atoms with E-state index in [4.69, 9.17) is 46.5 Å². The summed E-state index contributed by atoms with van der Waals surface area (Å²) in [6.45, 7) is -1.05. The standard InChI is InChI=1S/C53H62O15P2/c1-59-48-27-23-45(24-28-48)36-63-51(40-66-70(58,65-38-44-19-11-5-12-20-44)67-41-52(33-54)64-37-46-25-29-49(60-2)30-26-46)32-53(68-69(55,56)57,47-21-13-6-14-22-47)31-50(62-35-43-17-9-4-10-18-43)39-61-34-42-15-7-3-8-16-42/h3-30,50-52,54H,31-41H2,1-2H3,(H2,55,56,57)/t50-,51+,52+,53?,70?/m0/s1. The number of aliphatic hydroxyl groups is 1. The molecule has 5 atom stereocenters. The van der Waals surface area contributed by atoms with Crippen LogP contribution in [0.5, 0.6) is 11.5 Å². The zero-order valence-corrected chi connectivity index (χ0v) is 41.1. The van der Waals surface area contributed by atoms with Crippen LogP contribution in [-0.4, -0.2) is 73.9 Å². The molecule has 0 spiro atoms. The van der Waals surface area contributed by atoms with Crippen LogP contribution in [0, 0.1) is 0 Å². The Labute approximate surface area is 410 Å². The second kappa shape index (κ2) is 28.1. The van der Waals surface area contributed by atoms with Crippen molar-refractivity contribution in [3.8, 4) is 11.5 Å². The Morgan fingerprint density at radius 1 is 0.457 bits per heavy atom. The third kappa shape index (κ3) is 18.6. The molecule has 374 valence electrons. The summed E-state index contributed by atoms with van der Waals surface area (Å²) in [6.07, 6.45) is -3.29. The average molecular weight is 1000 g/mol. The van der Waals surface area contributed by atoms with Gasteiger partial charge in [0.25, 0.3) is 0 Å². The quantitative estimate of drug-likeness (QED) is 0.0339. The van der Waals surface area contributed by atoms with E-state index in [9.17, 15) is 24.0 Å². The van der Waals surface area contributed by atoms with Crippen molar-refractivity contribution < 1.29 is 70.5 Å². The normalized spacial score (nSPS) is 14.8. The highest BCUT2D eigenvalue weighted by Crippen LogP contribution is 2.53. The Balaban J connectivity index is 1.32. The Morgan fingerprint density at radius 2 is 0.843 bits per heavy atom. The highest BCUT2D eigenvalue weighted by atomic mass is 31.2. The number of phosphoric ester groups is 2. The minimum atomic E-state index is -5.31. The van der Waals surface area contributed by atoms with Crippen molar-refractivity contribution >= 4 is 15.6 Å². The third-order valence-corrected chi connectivity index (χ3v) is 13.0. The molecular formula is C53H62O15P2. The van der Waals surface area contributed by atoms with Crippen LogP contribution in [0.2, 0.25) is 0 Å². The first-order valence-corrected chi connectivity index (χ1v) is 25.7. The predicted molar refractivity (Wildman–Crippen MR) is 263 cm³/mol. The molecule has 0 heterocycles. The van der Waals surface area contributed by atoms with Gasteiger partial charge < -0.3 is 43.3 Å². The van der Waals surface area contributed by atoms with Crippen molar-refractivity contribution in [3.63, 3.8) is 0 Å². The van der Waals surface area contributed by atoms with Crippen molar-refractivity contribution in [1.82, 2.24) is 0 Å². The molecule has 6 aromatic rings. The van der Waals surface area contributed by atoms with Crippen LogP contribution in [0.25, 0.3) is 0 Å². The smallest absolute Gasteiger partial charge is 0.475 e. The number of methoxy groups -OCH3 is 2. The van der Waals surface area contributed by atoms with Crippen molar-refractivity contribution in [3.05, 3.63) is 203 Å². The summed E-state index contributed by atoms with van der Waals surface area (Å²) in [4.78, 5) is 21.5. The zero-order valence-electron chi connectivity index (χ0n) is 39.3. The van der Waals surface area contributed by atoms with Crippen LogP contribution in [-0.2, 0) is 84.8 Å². The van der Waals surface area contributed by atoms with Crippen molar-refractivity contribution in [2.45, 2.75) is 69.8 Å². The molecule has 0 aliphatic carbocycles. The number of phosphoric acid groups is 2. The van der Waals surface area contributed by atoms with Gasteiger partial charge in [-0.05, 0) is 57.6 Å². The van der Waals surface area contributed by atoms with Crippen LogP contribution in [0.4, 0.5) is 0 Å². The molecule has 0 aliphatic rings. The summed E-state index contributed by atoms with van der Waals surface area (Å²) in [7, 11) is -6.74. The average Bonchev–Trinajstić information content (AvgIpc) is 3.39. The van der Waals surface area contributed by atoms with E-state index in [1.807, 2.05) is 91.0 Å². The maximum absolute atomic E-state index is 14.8. The summed E-state index contributed by atoms with van der Waals surface area (Å²) >= 11 is 0. The van der Waals surface area contributed by atoms with E-state index in [2.05, 4.69) is 0 Å². The van der Waals surface area contributed by atoms with Gasteiger partial charge in [-0.15, -0.1) is 0 Å². The molecule has 0 saturated carbocycles. The first-order chi connectivity index (χ1) is 33.9. The first-order valence-electron chi connectivity index (χ1n) is 22.7. The Bertz CT molecular complexity index is 2460. The lowest BCUT2D eigenvalue weighted by Gasteiger charge is -2.39. The summed E-state index contributed by atoms with van der Waals surface area (Å²) in [5.41, 5.74) is 2.53. The second-order valence-corrected chi connectivity index (χ2v) is 19.1. The Kier molecular flexibility index (Phi) is 21.8. The summed E-state index contributed by atoms with van der Waals surface area (Å²) < 4.78 is 88.0. The van der Waals surface area contributed by atoms with Crippen molar-refractivity contribution in [2.75, 3.05) is 40.6 Å². The SMILES string of the molecule is COc1ccc(CO[C@H](CO)COP(=O)(OCc2ccccc2)OC[C@@H](CC(C[C@@H](COCc2ccccc2)OCc2ccccc2)(OP(=O)(O)O)c2ccccc2)OCc2ccc(OC)cc2)cc1. The van der Waals surface area contributed by atoms with Gasteiger partial charge in [-0.25, -0.2) is 9.13 Å². The topological polar surface area (TPSA) is 187 Å². The summed E-state index contributed by atoms with van der Waals surface area (Å²) in [5.74, 6) is 1.30.